The molecule has 0 aliphatic heterocycles. The quantitative estimate of drug-likeness (QED) is 0.648. The maximum absolute atomic E-state index is 5.65. The van der Waals surface area contributed by atoms with E-state index in [1.54, 1.807) is 5.57 Å². The van der Waals surface area contributed by atoms with Crippen molar-refractivity contribution in [3.05, 3.63) is 11.6 Å². The van der Waals surface area contributed by atoms with Gasteiger partial charge in [-0.3, -0.25) is 0 Å². The summed E-state index contributed by atoms with van der Waals surface area (Å²) in [5, 5.41) is 0. The molecule has 1 heteroatoms. The van der Waals surface area contributed by atoms with Gasteiger partial charge in [0.2, 0.25) is 0 Å². The minimum atomic E-state index is 0.754. The fourth-order valence-electron chi connectivity index (χ4n) is 2.26. The van der Waals surface area contributed by atoms with E-state index in [0.717, 1.165) is 18.4 Å². The number of hydrogen-bond acceptors (Lipinski definition) is 1. The fourth-order valence-corrected chi connectivity index (χ4v) is 2.26. The second kappa shape index (κ2) is 5.43. The first kappa shape index (κ1) is 10.8. The Morgan fingerprint density at radius 1 is 1.62 bits per heavy atom. The van der Waals surface area contributed by atoms with E-state index in [9.17, 15) is 0 Å². The van der Waals surface area contributed by atoms with Gasteiger partial charge < -0.3 is 5.73 Å². The lowest BCUT2D eigenvalue weighted by atomic mass is 9.95. The molecule has 0 radical (unpaired) electrons. The van der Waals surface area contributed by atoms with E-state index >= 15 is 0 Å². The SMILES string of the molecule is CCCC(C)CC1=CC[C@H](CN)C1. The van der Waals surface area contributed by atoms with Crippen molar-refractivity contribution in [2.24, 2.45) is 17.6 Å². The first-order valence-electron chi connectivity index (χ1n) is 5.64. The van der Waals surface area contributed by atoms with Crippen LogP contribution in [0.5, 0.6) is 0 Å². The zero-order chi connectivity index (χ0) is 9.68. The summed E-state index contributed by atoms with van der Waals surface area (Å²) in [6.45, 7) is 5.49. The summed E-state index contributed by atoms with van der Waals surface area (Å²) in [6, 6.07) is 0. The highest BCUT2D eigenvalue weighted by Gasteiger charge is 2.16. The predicted octanol–water partition coefficient (Wildman–Crippen LogP) is 3.11. The summed E-state index contributed by atoms with van der Waals surface area (Å²) < 4.78 is 0. The molecule has 2 atom stereocenters. The van der Waals surface area contributed by atoms with Gasteiger partial charge in [-0.25, -0.2) is 0 Å². The Balaban J connectivity index is 2.23. The van der Waals surface area contributed by atoms with E-state index in [1.807, 2.05) is 0 Å². The van der Waals surface area contributed by atoms with Crippen molar-refractivity contribution in [3.63, 3.8) is 0 Å². The van der Waals surface area contributed by atoms with Gasteiger partial charge in [0.1, 0.15) is 0 Å². The minimum Gasteiger partial charge on any atom is -0.330 e. The lowest BCUT2D eigenvalue weighted by molar-refractivity contribution is 0.499. The molecule has 2 N–H and O–H groups in total. The van der Waals surface area contributed by atoms with Crippen LogP contribution in [-0.4, -0.2) is 6.54 Å². The van der Waals surface area contributed by atoms with Gasteiger partial charge >= 0.3 is 0 Å². The Bertz CT molecular complexity index is 172. The number of nitrogens with two attached hydrogens (primary N) is 1. The van der Waals surface area contributed by atoms with E-state index < -0.39 is 0 Å². The predicted molar refractivity (Wildman–Crippen MR) is 58.6 cm³/mol. The Morgan fingerprint density at radius 3 is 2.92 bits per heavy atom. The molecule has 0 aromatic carbocycles. The lowest BCUT2D eigenvalue weighted by Crippen LogP contribution is -2.11. The average molecular weight is 181 g/mol. The molecule has 0 heterocycles. The van der Waals surface area contributed by atoms with Gasteiger partial charge in [-0.2, -0.15) is 0 Å². The smallest absolute Gasteiger partial charge is 0.00428 e. The molecule has 76 valence electrons. The third kappa shape index (κ3) is 3.51. The highest BCUT2D eigenvalue weighted by Crippen LogP contribution is 2.29. The van der Waals surface area contributed by atoms with Gasteiger partial charge in [0.05, 0.1) is 0 Å². The molecule has 0 aromatic rings. The van der Waals surface area contributed by atoms with Gasteiger partial charge in [-0.1, -0.05) is 38.3 Å². The van der Waals surface area contributed by atoms with Crippen LogP contribution in [0.25, 0.3) is 0 Å². The summed E-state index contributed by atoms with van der Waals surface area (Å²) in [5.74, 6) is 1.62. The van der Waals surface area contributed by atoms with Crippen molar-refractivity contribution in [1.29, 1.82) is 0 Å². The zero-order valence-corrected chi connectivity index (χ0v) is 9.05. The molecule has 0 aromatic heterocycles. The van der Waals surface area contributed by atoms with Crippen LogP contribution in [0.15, 0.2) is 11.6 Å². The van der Waals surface area contributed by atoms with Crippen molar-refractivity contribution in [2.75, 3.05) is 6.54 Å². The van der Waals surface area contributed by atoms with E-state index in [2.05, 4.69) is 19.9 Å². The average Bonchev–Trinajstić information content (AvgIpc) is 2.52. The number of allylic oxidation sites excluding steroid dienone is 2. The van der Waals surface area contributed by atoms with Gasteiger partial charge in [-0.15, -0.1) is 0 Å². The third-order valence-corrected chi connectivity index (χ3v) is 3.02. The van der Waals surface area contributed by atoms with Gasteiger partial charge in [0, 0.05) is 0 Å². The summed E-state index contributed by atoms with van der Waals surface area (Å²) in [4.78, 5) is 0. The molecule has 1 unspecified atom stereocenters. The molecule has 1 aliphatic carbocycles. The number of hydrogen-bond donors (Lipinski definition) is 1. The van der Waals surface area contributed by atoms with Gasteiger partial charge in [0.15, 0.2) is 0 Å². The Labute approximate surface area is 82.4 Å². The molecule has 1 nitrogen and oxygen atoms in total. The second-order valence-electron chi connectivity index (χ2n) is 4.50. The van der Waals surface area contributed by atoms with Crippen LogP contribution < -0.4 is 5.73 Å². The third-order valence-electron chi connectivity index (χ3n) is 3.02. The molecule has 1 aliphatic rings. The van der Waals surface area contributed by atoms with Crippen molar-refractivity contribution in [3.8, 4) is 0 Å². The van der Waals surface area contributed by atoms with Crippen molar-refractivity contribution < 1.29 is 0 Å². The first-order chi connectivity index (χ1) is 6.26. The van der Waals surface area contributed by atoms with Gasteiger partial charge in [0.25, 0.3) is 0 Å². The highest BCUT2D eigenvalue weighted by molar-refractivity contribution is 5.10. The Hall–Kier alpha value is -0.300. The molecule has 0 saturated carbocycles. The molecule has 0 bridgehead atoms. The van der Waals surface area contributed by atoms with Gasteiger partial charge in [-0.05, 0) is 37.6 Å². The molecule has 0 saturated heterocycles. The maximum Gasteiger partial charge on any atom is -0.00428 e. The summed E-state index contributed by atoms with van der Waals surface area (Å²) in [6.07, 6.45) is 8.91. The highest BCUT2D eigenvalue weighted by atomic mass is 14.5. The first-order valence-corrected chi connectivity index (χ1v) is 5.64. The normalized spacial score (nSPS) is 24.5. The monoisotopic (exact) mass is 181 g/mol. The minimum absolute atomic E-state index is 0.754. The van der Waals surface area contributed by atoms with Crippen molar-refractivity contribution >= 4 is 0 Å². The van der Waals surface area contributed by atoms with E-state index in [0.29, 0.717) is 0 Å². The van der Waals surface area contributed by atoms with Crippen LogP contribution >= 0.6 is 0 Å². The van der Waals surface area contributed by atoms with E-state index in [1.165, 1.54) is 32.1 Å². The summed E-state index contributed by atoms with van der Waals surface area (Å²) in [5.41, 5.74) is 7.32. The molecular weight excluding hydrogens is 158 g/mol. The molecular formula is C12H23N. The topological polar surface area (TPSA) is 26.0 Å². The maximum atomic E-state index is 5.65. The Morgan fingerprint density at radius 2 is 2.38 bits per heavy atom. The van der Waals surface area contributed by atoms with Crippen LogP contribution in [0.1, 0.15) is 46.0 Å². The molecule has 1 rings (SSSR count). The number of rotatable bonds is 5. The molecule has 13 heavy (non-hydrogen) atoms. The molecule has 0 fully saturated rings. The standard InChI is InChI=1S/C12H23N/c1-3-4-10(2)7-11-5-6-12(8-11)9-13/h5,10,12H,3-4,6-9,13H2,1-2H3/t10?,12-/m0/s1. The van der Waals surface area contributed by atoms with Crippen LogP contribution in [0.4, 0.5) is 0 Å². The lowest BCUT2D eigenvalue weighted by Gasteiger charge is -2.11. The van der Waals surface area contributed by atoms with Crippen LogP contribution in [0.3, 0.4) is 0 Å². The Kier molecular flexibility index (Phi) is 4.51. The van der Waals surface area contributed by atoms with Crippen molar-refractivity contribution in [2.45, 2.75) is 46.0 Å². The summed E-state index contributed by atoms with van der Waals surface area (Å²) in [7, 11) is 0. The van der Waals surface area contributed by atoms with Crippen LogP contribution in [-0.2, 0) is 0 Å². The zero-order valence-electron chi connectivity index (χ0n) is 9.05. The second-order valence-corrected chi connectivity index (χ2v) is 4.50. The van der Waals surface area contributed by atoms with Crippen LogP contribution in [0.2, 0.25) is 0 Å². The summed E-state index contributed by atoms with van der Waals surface area (Å²) >= 11 is 0. The fraction of sp³-hybridized carbons (Fsp3) is 0.833. The van der Waals surface area contributed by atoms with E-state index in [4.69, 9.17) is 5.73 Å². The van der Waals surface area contributed by atoms with Crippen LogP contribution in [0, 0.1) is 11.8 Å². The molecule has 0 spiro atoms. The largest absolute Gasteiger partial charge is 0.330 e. The van der Waals surface area contributed by atoms with E-state index in [-0.39, 0.29) is 0 Å². The van der Waals surface area contributed by atoms with Crippen molar-refractivity contribution in [1.82, 2.24) is 0 Å². The molecule has 0 amide bonds.